The van der Waals surface area contributed by atoms with Crippen LogP contribution in [0.3, 0.4) is 0 Å². The normalized spacial score (nSPS) is 19.8. The Kier molecular flexibility index (Phi) is 6.21. The van der Waals surface area contributed by atoms with Gasteiger partial charge in [-0.15, -0.1) is 0 Å². The quantitative estimate of drug-likeness (QED) is 0.826. The number of hydrogen-bond donors (Lipinski definition) is 1. The number of methoxy groups -OCH3 is 1. The van der Waals surface area contributed by atoms with Crippen molar-refractivity contribution in [2.45, 2.75) is 31.7 Å². The van der Waals surface area contributed by atoms with Gasteiger partial charge in [-0.05, 0) is 42.9 Å². The van der Waals surface area contributed by atoms with Crippen molar-refractivity contribution < 1.29 is 14.3 Å². The molecule has 0 saturated carbocycles. The van der Waals surface area contributed by atoms with Gasteiger partial charge >= 0.3 is 6.03 Å². The lowest BCUT2D eigenvalue weighted by molar-refractivity contribution is -0.117. The van der Waals surface area contributed by atoms with Crippen LogP contribution >= 0.6 is 0 Å². The molecular formula is C24H29N3O3. The van der Waals surface area contributed by atoms with Crippen LogP contribution < -0.4 is 15.0 Å². The zero-order chi connectivity index (χ0) is 20.9. The molecule has 0 unspecified atom stereocenters. The van der Waals surface area contributed by atoms with Crippen molar-refractivity contribution in [3.8, 4) is 5.75 Å². The van der Waals surface area contributed by atoms with Gasteiger partial charge in [0.05, 0.1) is 13.2 Å². The Morgan fingerprint density at radius 3 is 2.60 bits per heavy atom. The van der Waals surface area contributed by atoms with Crippen molar-refractivity contribution >= 4 is 17.6 Å². The number of amides is 3. The number of piperidine rings is 1. The first kappa shape index (κ1) is 20.3. The summed E-state index contributed by atoms with van der Waals surface area (Å²) in [5.74, 6) is 1.36. The number of anilines is 1. The van der Waals surface area contributed by atoms with E-state index in [0.717, 1.165) is 38.0 Å². The number of ether oxygens (including phenoxy) is 1. The van der Waals surface area contributed by atoms with Crippen LogP contribution in [0.5, 0.6) is 5.75 Å². The number of carbonyl (C=O) groups is 2. The van der Waals surface area contributed by atoms with Crippen molar-refractivity contribution in [2.75, 3.05) is 31.6 Å². The second-order valence-corrected chi connectivity index (χ2v) is 8.18. The Bertz CT molecular complexity index is 878. The summed E-state index contributed by atoms with van der Waals surface area (Å²) in [5, 5.41) is 3.07. The van der Waals surface area contributed by atoms with Crippen molar-refractivity contribution in [2.24, 2.45) is 5.92 Å². The van der Waals surface area contributed by atoms with Crippen molar-refractivity contribution in [3.63, 3.8) is 0 Å². The Labute approximate surface area is 177 Å². The third kappa shape index (κ3) is 4.75. The number of hydrogen-bond acceptors (Lipinski definition) is 3. The van der Waals surface area contributed by atoms with E-state index in [-0.39, 0.29) is 18.0 Å². The number of urea groups is 1. The van der Waals surface area contributed by atoms with E-state index in [1.807, 2.05) is 35.2 Å². The molecule has 158 valence electrons. The van der Waals surface area contributed by atoms with Gasteiger partial charge in [0.15, 0.2) is 0 Å². The van der Waals surface area contributed by atoms with Crippen LogP contribution in [0.15, 0.2) is 54.6 Å². The molecule has 2 heterocycles. The standard InChI is InChI=1S/C24H29N3O3/c1-30-22-9-5-8-21(16-22)27-17-20(15-23(27)28)25-24(29)26-12-10-19(11-13-26)14-18-6-3-2-4-7-18/h2-9,16,19-20H,10-15,17H2,1H3,(H,25,29)/t20-/m1/s1. The van der Waals surface area contributed by atoms with E-state index < -0.39 is 0 Å². The van der Waals surface area contributed by atoms with E-state index in [2.05, 4.69) is 29.6 Å². The Hall–Kier alpha value is -3.02. The lowest BCUT2D eigenvalue weighted by atomic mass is 9.90. The lowest BCUT2D eigenvalue weighted by Gasteiger charge is -2.33. The topological polar surface area (TPSA) is 61.9 Å². The molecule has 6 nitrogen and oxygen atoms in total. The molecule has 30 heavy (non-hydrogen) atoms. The Morgan fingerprint density at radius 1 is 1.10 bits per heavy atom. The molecule has 2 saturated heterocycles. The van der Waals surface area contributed by atoms with Gasteiger partial charge < -0.3 is 19.9 Å². The molecule has 2 aromatic rings. The summed E-state index contributed by atoms with van der Waals surface area (Å²) in [4.78, 5) is 28.8. The third-order valence-corrected chi connectivity index (χ3v) is 6.09. The van der Waals surface area contributed by atoms with Crippen molar-refractivity contribution in [1.82, 2.24) is 10.2 Å². The molecule has 2 aliphatic heterocycles. The molecule has 2 fully saturated rings. The smallest absolute Gasteiger partial charge is 0.317 e. The van der Waals surface area contributed by atoms with Gasteiger partial charge in [-0.3, -0.25) is 4.79 Å². The summed E-state index contributed by atoms with van der Waals surface area (Å²) < 4.78 is 5.25. The molecular weight excluding hydrogens is 378 g/mol. The second kappa shape index (κ2) is 9.20. The minimum absolute atomic E-state index is 0.0233. The Balaban J connectivity index is 1.27. The number of nitrogens with zero attached hydrogens (tertiary/aromatic N) is 2. The van der Waals surface area contributed by atoms with Crippen molar-refractivity contribution in [1.29, 1.82) is 0 Å². The van der Waals surface area contributed by atoms with Crippen LogP contribution in [-0.4, -0.2) is 49.6 Å². The van der Waals surface area contributed by atoms with E-state index in [1.165, 1.54) is 5.56 Å². The highest BCUT2D eigenvalue weighted by Crippen LogP contribution is 2.26. The maximum absolute atomic E-state index is 12.7. The minimum atomic E-state index is -0.168. The number of rotatable bonds is 5. The number of carbonyl (C=O) groups excluding carboxylic acids is 2. The van der Waals surface area contributed by atoms with Gasteiger partial charge in [-0.25, -0.2) is 4.79 Å². The molecule has 2 aromatic carbocycles. The van der Waals surface area contributed by atoms with Crippen LogP contribution in [0, 0.1) is 5.92 Å². The first-order valence-electron chi connectivity index (χ1n) is 10.7. The highest BCUT2D eigenvalue weighted by molar-refractivity contribution is 5.97. The van der Waals surface area contributed by atoms with E-state index >= 15 is 0 Å². The van der Waals surface area contributed by atoms with E-state index in [9.17, 15) is 9.59 Å². The molecule has 1 N–H and O–H groups in total. The fourth-order valence-electron chi connectivity index (χ4n) is 4.39. The van der Waals surface area contributed by atoms with Gasteiger partial charge in [-0.2, -0.15) is 0 Å². The first-order chi connectivity index (χ1) is 14.6. The van der Waals surface area contributed by atoms with Gasteiger partial charge in [0.1, 0.15) is 5.75 Å². The molecule has 4 rings (SSSR count). The SMILES string of the molecule is COc1cccc(N2C[C@H](NC(=O)N3CCC(Cc4ccccc4)CC3)CC2=O)c1. The number of likely N-dealkylation sites (tertiary alicyclic amines) is 1. The molecule has 0 aromatic heterocycles. The zero-order valence-corrected chi connectivity index (χ0v) is 17.4. The first-order valence-corrected chi connectivity index (χ1v) is 10.7. The fraction of sp³-hybridized carbons (Fsp3) is 0.417. The van der Waals surface area contributed by atoms with Crippen molar-refractivity contribution in [3.05, 3.63) is 60.2 Å². The average molecular weight is 408 g/mol. The summed E-state index contributed by atoms with van der Waals surface area (Å²) in [6.07, 6.45) is 3.43. The zero-order valence-electron chi connectivity index (χ0n) is 17.4. The molecule has 0 aliphatic carbocycles. The van der Waals surface area contributed by atoms with Gasteiger partial charge in [-0.1, -0.05) is 36.4 Å². The monoisotopic (exact) mass is 407 g/mol. The second-order valence-electron chi connectivity index (χ2n) is 8.18. The summed E-state index contributed by atoms with van der Waals surface area (Å²) >= 11 is 0. The lowest BCUT2D eigenvalue weighted by Crippen LogP contribution is -2.48. The van der Waals surface area contributed by atoms with Gasteiger partial charge in [0.25, 0.3) is 0 Å². The molecule has 0 radical (unpaired) electrons. The maximum Gasteiger partial charge on any atom is 0.317 e. The molecule has 2 aliphatic rings. The van der Waals surface area contributed by atoms with Gasteiger partial charge in [0, 0.05) is 37.8 Å². The van der Waals surface area contributed by atoms with E-state index in [0.29, 0.717) is 24.6 Å². The largest absolute Gasteiger partial charge is 0.497 e. The minimum Gasteiger partial charge on any atom is -0.497 e. The number of benzene rings is 2. The predicted molar refractivity (Wildman–Crippen MR) is 117 cm³/mol. The molecule has 3 amide bonds. The molecule has 0 spiro atoms. The highest BCUT2D eigenvalue weighted by Gasteiger charge is 2.33. The average Bonchev–Trinajstić information content (AvgIpc) is 3.15. The summed E-state index contributed by atoms with van der Waals surface area (Å²) in [7, 11) is 1.61. The molecule has 1 atom stereocenters. The summed E-state index contributed by atoms with van der Waals surface area (Å²) in [5.41, 5.74) is 2.17. The van der Waals surface area contributed by atoms with E-state index in [1.54, 1.807) is 12.0 Å². The molecule has 6 heteroatoms. The maximum atomic E-state index is 12.7. The Morgan fingerprint density at radius 2 is 1.87 bits per heavy atom. The van der Waals surface area contributed by atoms with Crippen LogP contribution in [0.2, 0.25) is 0 Å². The van der Waals surface area contributed by atoms with Gasteiger partial charge in [0.2, 0.25) is 5.91 Å². The number of nitrogens with one attached hydrogen (secondary N) is 1. The predicted octanol–water partition coefficient (Wildman–Crippen LogP) is 3.46. The fourth-order valence-corrected chi connectivity index (χ4v) is 4.39. The van der Waals surface area contributed by atoms with Crippen LogP contribution in [-0.2, 0) is 11.2 Å². The van der Waals surface area contributed by atoms with Crippen LogP contribution in [0.4, 0.5) is 10.5 Å². The molecule has 0 bridgehead atoms. The highest BCUT2D eigenvalue weighted by atomic mass is 16.5. The third-order valence-electron chi connectivity index (χ3n) is 6.09. The van der Waals surface area contributed by atoms with Crippen LogP contribution in [0.25, 0.3) is 0 Å². The van der Waals surface area contributed by atoms with E-state index in [4.69, 9.17) is 4.74 Å². The van der Waals surface area contributed by atoms with Crippen LogP contribution in [0.1, 0.15) is 24.8 Å². The summed E-state index contributed by atoms with van der Waals surface area (Å²) in [6.45, 7) is 2.02. The summed E-state index contributed by atoms with van der Waals surface area (Å²) in [6, 6.07) is 17.8.